The number of phenols is 2. The minimum Gasteiger partial charge on any atom is -0.508 e. The molecule has 1 aliphatic rings. The van der Waals surface area contributed by atoms with Gasteiger partial charge in [0.05, 0.1) is 5.92 Å². The molecule has 0 bridgehead atoms. The lowest BCUT2D eigenvalue weighted by molar-refractivity contribution is -0.143. The van der Waals surface area contributed by atoms with Gasteiger partial charge in [0.1, 0.15) is 11.5 Å². The van der Waals surface area contributed by atoms with Crippen LogP contribution in [0, 0.1) is 11.8 Å². The van der Waals surface area contributed by atoms with Crippen LogP contribution in [-0.2, 0) is 10.2 Å². The number of rotatable bonds is 3. The van der Waals surface area contributed by atoms with Crippen LogP contribution in [0.15, 0.2) is 48.5 Å². The van der Waals surface area contributed by atoms with Gasteiger partial charge in [0.15, 0.2) is 0 Å². The SMILES string of the molecule is CC1CCC(C(=O)O)CC1(c1ccc(O)cc1)c1ccc(O)cc1. The van der Waals surface area contributed by atoms with Gasteiger partial charge in [0.2, 0.25) is 0 Å². The number of aliphatic carboxylic acids is 1. The summed E-state index contributed by atoms with van der Waals surface area (Å²) < 4.78 is 0. The summed E-state index contributed by atoms with van der Waals surface area (Å²) in [5.41, 5.74) is 1.57. The molecule has 4 nitrogen and oxygen atoms in total. The highest BCUT2D eigenvalue weighted by molar-refractivity contribution is 5.70. The van der Waals surface area contributed by atoms with Crippen LogP contribution in [0.2, 0.25) is 0 Å². The minimum atomic E-state index is -0.760. The molecule has 3 rings (SSSR count). The average Bonchev–Trinajstić information content (AvgIpc) is 2.57. The summed E-state index contributed by atoms with van der Waals surface area (Å²) in [5.74, 6) is -0.523. The molecule has 126 valence electrons. The zero-order valence-electron chi connectivity index (χ0n) is 13.6. The molecule has 0 saturated heterocycles. The van der Waals surface area contributed by atoms with Crippen LogP contribution in [0.4, 0.5) is 0 Å². The lowest BCUT2D eigenvalue weighted by Gasteiger charge is -2.46. The molecule has 1 fully saturated rings. The standard InChI is InChI=1S/C20H22O4/c1-13-2-3-14(19(23)24)12-20(13,15-4-8-17(21)9-5-15)16-6-10-18(22)11-7-16/h4-11,13-14,21-22H,2-3,12H2,1H3,(H,23,24). The molecule has 0 aliphatic heterocycles. The summed E-state index contributed by atoms with van der Waals surface area (Å²) in [6.45, 7) is 2.15. The number of benzene rings is 2. The molecular formula is C20H22O4. The van der Waals surface area contributed by atoms with Crippen molar-refractivity contribution in [1.29, 1.82) is 0 Å². The van der Waals surface area contributed by atoms with Gasteiger partial charge in [0, 0.05) is 5.41 Å². The van der Waals surface area contributed by atoms with Crippen molar-refractivity contribution in [3.63, 3.8) is 0 Å². The Morgan fingerprint density at radius 1 is 0.917 bits per heavy atom. The maximum absolute atomic E-state index is 11.6. The predicted octanol–water partition coefficient (Wildman–Crippen LogP) is 3.90. The van der Waals surface area contributed by atoms with Crippen LogP contribution < -0.4 is 0 Å². The van der Waals surface area contributed by atoms with Crippen LogP contribution >= 0.6 is 0 Å². The van der Waals surface area contributed by atoms with E-state index in [1.165, 1.54) is 0 Å². The molecule has 0 aromatic heterocycles. The second-order valence-corrected chi connectivity index (χ2v) is 6.78. The van der Waals surface area contributed by atoms with Gasteiger partial charge in [-0.1, -0.05) is 31.2 Å². The van der Waals surface area contributed by atoms with Crippen molar-refractivity contribution >= 4 is 5.97 Å². The third-order valence-corrected chi connectivity index (χ3v) is 5.47. The molecule has 0 spiro atoms. The van der Waals surface area contributed by atoms with Crippen LogP contribution in [0.5, 0.6) is 11.5 Å². The molecule has 2 atom stereocenters. The normalized spacial score (nSPS) is 22.9. The Balaban J connectivity index is 2.17. The van der Waals surface area contributed by atoms with E-state index in [1.54, 1.807) is 24.3 Å². The van der Waals surface area contributed by atoms with E-state index < -0.39 is 17.3 Å². The largest absolute Gasteiger partial charge is 0.508 e. The number of carboxylic acids is 1. The van der Waals surface area contributed by atoms with Crippen molar-refractivity contribution in [3.05, 3.63) is 59.7 Å². The Morgan fingerprint density at radius 2 is 1.38 bits per heavy atom. The smallest absolute Gasteiger partial charge is 0.306 e. The van der Waals surface area contributed by atoms with Gasteiger partial charge in [-0.3, -0.25) is 4.79 Å². The van der Waals surface area contributed by atoms with Crippen LogP contribution in [0.3, 0.4) is 0 Å². The maximum atomic E-state index is 11.6. The summed E-state index contributed by atoms with van der Waals surface area (Å²) in [7, 11) is 0. The van der Waals surface area contributed by atoms with Crippen LogP contribution in [0.25, 0.3) is 0 Å². The lowest BCUT2D eigenvalue weighted by Crippen LogP contribution is -2.42. The minimum absolute atomic E-state index is 0.192. The van der Waals surface area contributed by atoms with Gasteiger partial charge < -0.3 is 15.3 Å². The molecule has 3 N–H and O–H groups in total. The monoisotopic (exact) mass is 326 g/mol. The predicted molar refractivity (Wildman–Crippen MR) is 91.1 cm³/mol. The molecule has 0 radical (unpaired) electrons. The second-order valence-electron chi connectivity index (χ2n) is 6.78. The van der Waals surface area contributed by atoms with E-state index in [0.717, 1.165) is 17.5 Å². The highest BCUT2D eigenvalue weighted by atomic mass is 16.4. The van der Waals surface area contributed by atoms with Gasteiger partial charge in [-0.25, -0.2) is 0 Å². The van der Waals surface area contributed by atoms with E-state index in [0.29, 0.717) is 12.8 Å². The summed E-state index contributed by atoms with van der Waals surface area (Å²) in [4.78, 5) is 11.6. The Hall–Kier alpha value is -2.49. The van der Waals surface area contributed by atoms with Crippen LogP contribution in [0.1, 0.15) is 37.3 Å². The van der Waals surface area contributed by atoms with Crippen molar-refractivity contribution in [1.82, 2.24) is 0 Å². The molecule has 2 unspecified atom stereocenters. The Labute approximate surface area is 141 Å². The highest BCUT2D eigenvalue weighted by Gasteiger charge is 2.46. The quantitative estimate of drug-likeness (QED) is 0.799. The van der Waals surface area contributed by atoms with E-state index in [-0.39, 0.29) is 17.4 Å². The molecule has 0 amide bonds. The first-order valence-electron chi connectivity index (χ1n) is 8.25. The first kappa shape index (κ1) is 16.4. The van der Waals surface area contributed by atoms with Gasteiger partial charge in [0.25, 0.3) is 0 Å². The van der Waals surface area contributed by atoms with Crippen molar-refractivity contribution in [2.24, 2.45) is 11.8 Å². The maximum Gasteiger partial charge on any atom is 0.306 e. The van der Waals surface area contributed by atoms with Crippen molar-refractivity contribution in [3.8, 4) is 11.5 Å². The van der Waals surface area contributed by atoms with Crippen molar-refractivity contribution in [2.45, 2.75) is 31.6 Å². The van der Waals surface area contributed by atoms with Gasteiger partial charge in [-0.05, 0) is 60.6 Å². The second kappa shape index (κ2) is 6.19. The van der Waals surface area contributed by atoms with E-state index in [9.17, 15) is 20.1 Å². The lowest BCUT2D eigenvalue weighted by atomic mass is 9.57. The fourth-order valence-corrected chi connectivity index (χ4v) is 4.09. The van der Waals surface area contributed by atoms with Gasteiger partial charge in [-0.15, -0.1) is 0 Å². The first-order valence-corrected chi connectivity index (χ1v) is 8.25. The summed E-state index contributed by atoms with van der Waals surface area (Å²) in [6, 6.07) is 14.1. The zero-order valence-corrected chi connectivity index (χ0v) is 13.6. The third-order valence-electron chi connectivity index (χ3n) is 5.47. The van der Waals surface area contributed by atoms with Gasteiger partial charge >= 0.3 is 5.97 Å². The molecule has 0 heterocycles. The molecule has 2 aromatic carbocycles. The fraction of sp³-hybridized carbons (Fsp3) is 0.350. The average molecular weight is 326 g/mol. The topological polar surface area (TPSA) is 77.8 Å². The summed E-state index contributed by atoms with van der Waals surface area (Å²) in [5, 5.41) is 28.8. The van der Waals surface area contributed by atoms with E-state index in [2.05, 4.69) is 6.92 Å². The summed E-state index contributed by atoms with van der Waals surface area (Å²) in [6.07, 6.45) is 2.01. The Kier molecular flexibility index (Phi) is 4.22. The molecular weight excluding hydrogens is 304 g/mol. The first-order chi connectivity index (χ1) is 11.4. The molecule has 2 aromatic rings. The summed E-state index contributed by atoms with van der Waals surface area (Å²) >= 11 is 0. The highest BCUT2D eigenvalue weighted by Crippen LogP contribution is 2.50. The fourth-order valence-electron chi connectivity index (χ4n) is 4.09. The number of aromatic hydroxyl groups is 2. The Morgan fingerprint density at radius 3 is 1.79 bits per heavy atom. The molecule has 1 saturated carbocycles. The van der Waals surface area contributed by atoms with Crippen molar-refractivity contribution in [2.75, 3.05) is 0 Å². The molecule has 24 heavy (non-hydrogen) atoms. The third kappa shape index (κ3) is 2.73. The number of hydrogen-bond donors (Lipinski definition) is 3. The van der Waals surface area contributed by atoms with Crippen LogP contribution in [-0.4, -0.2) is 21.3 Å². The molecule has 4 heteroatoms. The van der Waals surface area contributed by atoms with Gasteiger partial charge in [-0.2, -0.15) is 0 Å². The number of phenolic OH excluding ortho intramolecular Hbond substituents is 2. The van der Waals surface area contributed by atoms with E-state index in [4.69, 9.17) is 0 Å². The Bertz CT molecular complexity index is 673. The number of carbonyl (C=O) groups is 1. The van der Waals surface area contributed by atoms with E-state index in [1.807, 2.05) is 24.3 Å². The zero-order chi connectivity index (χ0) is 17.3. The number of hydrogen-bond acceptors (Lipinski definition) is 3. The van der Waals surface area contributed by atoms with Crippen molar-refractivity contribution < 1.29 is 20.1 Å². The number of carboxylic acid groups (broad SMARTS) is 1. The molecule has 1 aliphatic carbocycles. The van der Waals surface area contributed by atoms with E-state index >= 15 is 0 Å².